The SMILES string of the molecule is CCN1C(=O)[C@]2(c3ccccc31)[C@@H]1C(=O)N(Cc3ccccc3)C(=O)[C@H]1[C@H]1CCCN12. The van der Waals surface area contributed by atoms with E-state index in [1.807, 2.05) is 61.5 Å². The van der Waals surface area contributed by atoms with Crippen molar-refractivity contribution in [1.82, 2.24) is 9.80 Å². The zero-order chi connectivity index (χ0) is 21.3. The highest BCUT2D eigenvalue weighted by molar-refractivity contribution is 6.16. The Morgan fingerprint density at radius 3 is 2.45 bits per heavy atom. The third kappa shape index (κ3) is 2.18. The van der Waals surface area contributed by atoms with E-state index < -0.39 is 17.4 Å². The molecule has 6 nitrogen and oxygen atoms in total. The molecular formula is C25H25N3O3. The van der Waals surface area contributed by atoms with Crippen molar-refractivity contribution in [2.45, 2.75) is 37.9 Å². The van der Waals surface area contributed by atoms with Gasteiger partial charge in [0.05, 0.1) is 18.4 Å². The van der Waals surface area contributed by atoms with Crippen LogP contribution in [0.25, 0.3) is 0 Å². The van der Waals surface area contributed by atoms with Crippen molar-refractivity contribution in [3.63, 3.8) is 0 Å². The Morgan fingerprint density at radius 2 is 1.68 bits per heavy atom. The van der Waals surface area contributed by atoms with Crippen molar-refractivity contribution >= 4 is 23.4 Å². The fraction of sp³-hybridized carbons (Fsp3) is 0.400. The Labute approximate surface area is 181 Å². The highest BCUT2D eigenvalue weighted by atomic mass is 16.2. The monoisotopic (exact) mass is 415 g/mol. The number of carbonyl (C=O) groups is 3. The first-order chi connectivity index (χ1) is 15.1. The quantitative estimate of drug-likeness (QED) is 0.723. The molecule has 0 saturated carbocycles. The van der Waals surface area contributed by atoms with Gasteiger partial charge in [0.2, 0.25) is 11.8 Å². The van der Waals surface area contributed by atoms with Crippen LogP contribution in [-0.2, 0) is 26.5 Å². The van der Waals surface area contributed by atoms with E-state index in [4.69, 9.17) is 0 Å². The predicted molar refractivity (Wildman–Crippen MR) is 115 cm³/mol. The smallest absolute Gasteiger partial charge is 0.253 e. The number of anilines is 1. The standard InChI is InChI=1S/C25H25N3O3/c1-2-26-18-12-7-6-11-17(18)25(24(26)31)21-20(19-13-8-14-28(19)25)22(29)27(23(21)30)15-16-9-4-3-5-10-16/h3-7,9-12,19-21H,2,8,13-15H2,1H3/t19-,20+,21+,25+/m1/s1. The number of imide groups is 1. The average molecular weight is 415 g/mol. The first-order valence-corrected chi connectivity index (χ1v) is 11.2. The third-order valence-electron chi connectivity index (χ3n) is 7.74. The number of likely N-dealkylation sites (tertiary alicyclic amines) is 1. The number of amides is 3. The van der Waals surface area contributed by atoms with E-state index in [-0.39, 0.29) is 30.3 Å². The summed E-state index contributed by atoms with van der Waals surface area (Å²) >= 11 is 0. The Kier molecular flexibility index (Phi) is 3.93. The lowest BCUT2D eigenvalue weighted by Crippen LogP contribution is -2.55. The van der Waals surface area contributed by atoms with Crippen molar-refractivity contribution in [3.8, 4) is 0 Å². The number of benzene rings is 2. The topological polar surface area (TPSA) is 60.9 Å². The van der Waals surface area contributed by atoms with Gasteiger partial charge in [-0.2, -0.15) is 0 Å². The molecule has 2 aromatic carbocycles. The number of hydrogen-bond acceptors (Lipinski definition) is 4. The first kappa shape index (κ1) is 18.8. The fourth-order valence-electron chi connectivity index (χ4n) is 6.64. The summed E-state index contributed by atoms with van der Waals surface area (Å²) in [5.74, 6) is -1.47. The van der Waals surface area contributed by atoms with Crippen molar-refractivity contribution in [3.05, 3.63) is 65.7 Å². The molecule has 0 N–H and O–H groups in total. The van der Waals surface area contributed by atoms with E-state index in [1.54, 1.807) is 4.90 Å². The maximum Gasteiger partial charge on any atom is 0.253 e. The van der Waals surface area contributed by atoms with Crippen LogP contribution in [0, 0.1) is 11.8 Å². The molecule has 4 aliphatic heterocycles. The van der Waals surface area contributed by atoms with E-state index in [2.05, 4.69) is 4.90 Å². The number of fused-ring (bicyclic) bond motifs is 7. The minimum Gasteiger partial charge on any atom is -0.310 e. The molecule has 1 spiro atoms. The van der Waals surface area contributed by atoms with Gasteiger partial charge in [-0.1, -0.05) is 48.5 Å². The average Bonchev–Trinajstić information content (AvgIpc) is 3.49. The summed E-state index contributed by atoms with van der Waals surface area (Å²) in [5, 5.41) is 0. The van der Waals surface area contributed by atoms with Gasteiger partial charge in [-0.25, -0.2) is 0 Å². The lowest BCUT2D eigenvalue weighted by Gasteiger charge is -2.37. The van der Waals surface area contributed by atoms with Crippen molar-refractivity contribution < 1.29 is 14.4 Å². The molecule has 0 unspecified atom stereocenters. The van der Waals surface area contributed by atoms with Gasteiger partial charge in [-0.3, -0.25) is 24.2 Å². The molecule has 4 aliphatic rings. The number of carbonyl (C=O) groups excluding carboxylic acids is 3. The summed E-state index contributed by atoms with van der Waals surface area (Å²) in [6.45, 7) is 3.52. The number of para-hydroxylation sites is 1. The van der Waals surface area contributed by atoms with Crippen LogP contribution in [0.5, 0.6) is 0 Å². The molecule has 6 rings (SSSR count). The van der Waals surface area contributed by atoms with E-state index in [1.165, 1.54) is 4.90 Å². The first-order valence-electron chi connectivity index (χ1n) is 11.2. The van der Waals surface area contributed by atoms with Crippen LogP contribution < -0.4 is 4.90 Å². The van der Waals surface area contributed by atoms with Gasteiger partial charge in [-0.05, 0) is 37.9 Å². The Hall–Kier alpha value is -2.99. The van der Waals surface area contributed by atoms with Crippen LogP contribution in [0.4, 0.5) is 5.69 Å². The molecule has 31 heavy (non-hydrogen) atoms. The summed E-state index contributed by atoms with van der Waals surface area (Å²) < 4.78 is 0. The van der Waals surface area contributed by atoms with Gasteiger partial charge in [-0.15, -0.1) is 0 Å². The molecule has 0 aliphatic carbocycles. The second-order valence-corrected chi connectivity index (χ2v) is 8.99. The van der Waals surface area contributed by atoms with Gasteiger partial charge in [0, 0.05) is 23.8 Å². The number of hydrogen-bond donors (Lipinski definition) is 0. The number of likely N-dealkylation sites (N-methyl/N-ethyl adjacent to an activating group) is 1. The van der Waals surface area contributed by atoms with Crippen LogP contribution in [-0.4, -0.2) is 46.7 Å². The maximum absolute atomic E-state index is 14.0. The normalized spacial score (nSPS) is 31.6. The lowest BCUT2D eigenvalue weighted by molar-refractivity contribution is -0.146. The second kappa shape index (κ2) is 6.50. The summed E-state index contributed by atoms with van der Waals surface area (Å²) in [5.41, 5.74) is 1.64. The maximum atomic E-state index is 14.0. The van der Waals surface area contributed by atoms with E-state index in [0.29, 0.717) is 6.54 Å². The lowest BCUT2D eigenvalue weighted by atomic mass is 9.75. The summed E-state index contributed by atoms with van der Waals surface area (Å²) in [7, 11) is 0. The molecule has 0 aromatic heterocycles. The zero-order valence-corrected chi connectivity index (χ0v) is 17.5. The van der Waals surface area contributed by atoms with Gasteiger partial charge >= 0.3 is 0 Å². The van der Waals surface area contributed by atoms with E-state index in [0.717, 1.165) is 36.2 Å². The Bertz CT molecular complexity index is 1100. The summed E-state index contributed by atoms with van der Waals surface area (Å²) in [6.07, 6.45) is 1.79. The molecule has 4 atom stereocenters. The third-order valence-corrected chi connectivity index (χ3v) is 7.74. The van der Waals surface area contributed by atoms with Gasteiger partial charge in [0.15, 0.2) is 0 Å². The van der Waals surface area contributed by atoms with Crippen LogP contribution >= 0.6 is 0 Å². The molecule has 3 saturated heterocycles. The highest BCUT2D eigenvalue weighted by Gasteiger charge is 2.75. The van der Waals surface area contributed by atoms with Crippen LogP contribution in [0.15, 0.2) is 54.6 Å². The minimum atomic E-state index is -1.06. The van der Waals surface area contributed by atoms with Gasteiger partial charge < -0.3 is 4.90 Å². The molecule has 0 radical (unpaired) electrons. The van der Waals surface area contributed by atoms with Crippen LogP contribution in [0.1, 0.15) is 30.9 Å². The molecular weight excluding hydrogens is 390 g/mol. The Balaban J connectivity index is 1.51. The fourth-order valence-corrected chi connectivity index (χ4v) is 6.64. The second-order valence-electron chi connectivity index (χ2n) is 8.99. The molecule has 3 amide bonds. The molecule has 2 aromatic rings. The predicted octanol–water partition coefficient (Wildman–Crippen LogP) is 2.53. The zero-order valence-electron chi connectivity index (χ0n) is 17.5. The summed E-state index contributed by atoms with van der Waals surface area (Å²) in [6, 6.07) is 17.4. The van der Waals surface area contributed by atoms with Gasteiger partial charge in [0.25, 0.3) is 5.91 Å². The number of nitrogens with zero attached hydrogens (tertiary/aromatic N) is 3. The van der Waals surface area contributed by atoms with Crippen molar-refractivity contribution in [1.29, 1.82) is 0 Å². The van der Waals surface area contributed by atoms with E-state index in [9.17, 15) is 14.4 Å². The van der Waals surface area contributed by atoms with Crippen molar-refractivity contribution in [2.75, 3.05) is 18.0 Å². The van der Waals surface area contributed by atoms with Gasteiger partial charge in [0.1, 0.15) is 5.54 Å². The largest absolute Gasteiger partial charge is 0.310 e. The van der Waals surface area contributed by atoms with E-state index >= 15 is 0 Å². The summed E-state index contributed by atoms with van der Waals surface area (Å²) in [4.78, 5) is 46.9. The minimum absolute atomic E-state index is 0.0432. The molecule has 158 valence electrons. The number of rotatable bonds is 3. The molecule has 6 heteroatoms. The van der Waals surface area contributed by atoms with Crippen molar-refractivity contribution in [2.24, 2.45) is 11.8 Å². The van der Waals surface area contributed by atoms with Crippen LogP contribution in [0.3, 0.4) is 0 Å². The highest BCUT2D eigenvalue weighted by Crippen LogP contribution is 2.61. The van der Waals surface area contributed by atoms with Crippen LogP contribution in [0.2, 0.25) is 0 Å². The molecule has 4 heterocycles. The molecule has 0 bridgehead atoms. The Morgan fingerprint density at radius 1 is 0.935 bits per heavy atom. The molecule has 3 fully saturated rings.